The van der Waals surface area contributed by atoms with Gasteiger partial charge in [-0.25, -0.2) is 4.39 Å². The number of ketones is 1. The van der Waals surface area contributed by atoms with Gasteiger partial charge in [-0.15, -0.1) is 0 Å². The number of amides is 1. The second-order valence-electron chi connectivity index (χ2n) is 7.37. The van der Waals surface area contributed by atoms with E-state index in [0.29, 0.717) is 12.1 Å². The Morgan fingerprint density at radius 1 is 1.00 bits per heavy atom. The summed E-state index contributed by atoms with van der Waals surface area (Å²) in [5, 5.41) is 14.2. The molecule has 0 fully saturated rings. The van der Waals surface area contributed by atoms with Crippen LogP contribution in [-0.4, -0.2) is 37.3 Å². The summed E-state index contributed by atoms with van der Waals surface area (Å²) in [6, 6.07) is 16.6. The fourth-order valence-corrected chi connectivity index (χ4v) is 3.33. The molecule has 0 aromatic heterocycles. The molecule has 32 heavy (non-hydrogen) atoms. The standard InChI is InChI=1S/C24H22FN3O4/c1-27(2)21-11-10-17(15-22(21)28(31)32)23(29)19-8-3-4-9-20(19)24(30)26-13-12-16-6-5-7-18(25)14-16/h3-11,14-15H,12-13H2,1-2H3,(H,26,30). The van der Waals surface area contributed by atoms with Gasteiger partial charge in [0, 0.05) is 37.8 Å². The van der Waals surface area contributed by atoms with Gasteiger partial charge in [0.25, 0.3) is 11.6 Å². The molecule has 0 atom stereocenters. The van der Waals surface area contributed by atoms with E-state index in [1.54, 1.807) is 43.3 Å². The van der Waals surface area contributed by atoms with Crippen molar-refractivity contribution in [1.82, 2.24) is 5.32 Å². The molecule has 164 valence electrons. The number of nitro groups is 1. The van der Waals surface area contributed by atoms with Gasteiger partial charge in [0.2, 0.25) is 0 Å². The lowest BCUT2D eigenvalue weighted by atomic mass is 9.97. The molecule has 3 aromatic rings. The van der Waals surface area contributed by atoms with Crippen molar-refractivity contribution in [1.29, 1.82) is 0 Å². The van der Waals surface area contributed by atoms with Crippen LogP contribution >= 0.6 is 0 Å². The third-order valence-electron chi connectivity index (χ3n) is 4.92. The Balaban J connectivity index is 1.81. The fourth-order valence-electron chi connectivity index (χ4n) is 3.33. The van der Waals surface area contributed by atoms with Crippen molar-refractivity contribution >= 4 is 23.1 Å². The van der Waals surface area contributed by atoms with E-state index in [9.17, 15) is 24.1 Å². The monoisotopic (exact) mass is 435 g/mol. The number of nitro benzene ring substituents is 1. The number of halogens is 1. The zero-order valence-electron chi connectivity index (χ0n) is 17.7. The molecule has 0 aliphatic heterocycles. The summed E-state index contributed by atoms with van der Waals surface area (Å²) < 4.78 is 13.3. The van der Waals surface area contributed by atoms with Gasteiger partial charge < -0.3 is 10.2 Å². The predicted molar refractivity (Wildman–Crippen MR) is 120 cm³/mol. The lowest BCUT2D eigenvalue weighted by molar-refractivity contribution is -0.384. The number of carbonyl (C=O) groups excluding carboxylic acids is 2. The van der Waals surface area contributed by atoms with Gasteiger partial charge in [0.05, 0.1) is 10.5 Å². The molecular formula is C24H22FN3O4. The van der Waals surface area contributed by atoms with Crippen LogP contribution < -0.4 is 10.2 Å². The molecule has 0 unspecified atom stereocenters. The normalized spacial score (nSPS) is 10.5. The molecule has 0 radical (unpaired) electrons. The molecule has 1 N–H and O–H groups in total. The molecule has 0 aliphatic rings. The lowest BCUT2D eigenvalue weighted by Crippen LogP contribution is -2.27. The minimum absolute atomic E-state index is 0.113. The van der Waals surface area contributed by atoms with Gasteiger partial charge in [0.15, 0.2) is 5.78 Å². The zero-order chi connectivity index (χ0) is 23.3. The van der Waals surface area contributed by atoms with Crippen LogP contribution in [0.25, 0.3) is 0 Å². The maximum Gasteiger partial charge on any atom is 0.293 e. The summed E-state index contributed by atoms with van der Waals surface area (Å²) in [6.07, 6.45) is 0.428. The zero-order valence-corrected chi connectivity index (χ0v) is 17.7. The smallest absolute Gasteiger partial charge is 0.293 e. The second-order valence-corrected chi connectivity index (χ2v) is 7.37. The van der Waals surface area contributed by atoms with Crippen LogP contribution in [0.5, 0.6) is 0 Å². The second kappa shape index (κ2) is 9.82. The first-order valence-electron chi connectivity index (χ1n) is 9.90. The summed E-state index contributed by atoms with van der Waals surface area (Å²) in [7, 11) is 3.35. The first-order valence-corrected chi connectivity index (χ1v) is 9.90. The van der Waals surface area contributed by atoms with E-state index in [1.807, 2.05) is 0 Å². The first-order chi connectivity index (χ1) is 15.3. The number of rotatable bonds is 8. The molecule has 0 saturated heterocycles. The maximum atomic E-state index is 13.3. The summed E-state index contributed by atoms with van der Waals surface area (Å²) in [4.78, 5) is 38.3. The molecule has 1 amide bonds. The van der Waals surface area contributed by atoms with E-state index >= 15 is 0 Å². The van der Waals surface area contributed by atoms with Gasteiger partial charge in [-0.2, -0.15) is 0 Å². The number of carbonyl (C=O) groups is 2. The third kappa shape index (κ3) is 5.15. The summed E-state index contributed by atoms with van der Waals surface area (Å²) in [6.45, 7) is 0.258. The lowest BCUT2D eigenvalue weighted by Gasteiger charge is -2.14. The average Bonchev–Trinajstić information content (AvgIpc) is 2.78. The molecule has 3 rings (SSSR count). The highest BCUT2D eigenvalue weighted by atomic mass is 19.1. The first kappa shape index (κ1) is 22.6. The van der Waals surface area contributed by atoms with Crippen molar-refractivity contribution in [3.05, 3.63) is 105 Å². The topological polar surface area (TPSA) is 92.6 Å². The summed E-state index contributed by atoms with van der Waals surface area (Å²) in [5.74, 6) is -1.29. The minimum atomic E-state index is -0.545. The van der Waals surface area contributed by atoms with Gasteiger partial charge in [-0.05, 0) is 42.3 Å². The van der Waals surface area contributed by atoms with Crippen molar-refractivity contribution in [2.45, 2.75) is 6.42 Å². The number of nitrogens with zero attached hydrogens (tertiary/aromatic N) is 2. The number of hydrogen-bond acceptors (Lipinski definition) is 5. The number of nitrogens with one attached hydrogen (secondary N) is 1. The van der Waals surface area contributed by atoms with Crippen molar-refractivity contribution in [2.75, 3.05) is 25.5 Å². The van der Waals surface area contributed by atoms with Gasteiger partial charge in [-0.1, -0.05) is 30.3 Å². The highest BCUT2D eigenvalue weighted by molar-refractivity contribution is 6.15. The number of anilines is 1. The Hall–Kier alpha value is -4.07. The summed E-state index contributed by atoms with van der Waals surface area (Å²) in [5.41, 5.74) is 1.33. The van der Waals surface area contributed by atoms with E-state index in [1.165, 1.54) is 42.5 Å². The Bertz CT molecular complexity index is 1180. The third-order valence-corrected chi connectivity index (χ3v) is 4.92. The van der Waals surface area contributed by atoms with Gasteiger partial charge >= 0.3 is 0 Å². The van der Waals surface area contributed by atoms with Crippen LogP contribution in [0.2, 0.25) is 0 Å². The van der Waals surface area contributed by atoms with Crippen LogP contribution in [0, 0.1) is 15.9 Å². The van der Waals surface area contributed by atoms with E-state index in [4.69, 9.17) is 0 Å². The predicted octanol–water partition coefficient (Wildman–Crippen LogP) is 4.00. The minimum Gasteiger partial charge on any atom is -0.372 e. The fraction of sp³-hybridized carbons (Fsp3) is 0.167. The number of benzene rings is 3. The van der Waals surface area contributed by atoms with E-state index in [0.717, 1.165) is 5.56 Å². The molecule has 0 aliphatic carbocycles. The SMILES string of the molecule is CN(C)c1ccc(C(=O)c2ccccc2C(=O)NCCc2cccc(F)c2)cc1[N+](=O)[O-]. The largest absolute Gasteiger partial charge is 0.372 e. The van der Waals surface area contributed by atoms with Crippen molar-refractivity contribution in [3.8, 4) is 0 Å². The highest BCUT2D eigenvalue weighted by Crippen LogP contribution is 2.29. The maximum absolute atomic E-state index is 13.3. The van der Waals surface area contributed by atoms with Gasteiger partial charge in [-0.3, -0.25) is 19.7 Å². The van der Waals surface area contributed by atoms with Gasteiger partial charge in [0.1, 0.15) is 11.5 Å². The molecule has 0 heterocycles. The van der Waals surface area contributed by atoms with E-state index < -0.39 is 16.6 Å². The van der Waals surface area contributed by atoms with Crippen LogP contribution in [0.4, 0.5) is 15.8 Å². The van der Waals surface area contributed by atoms with E-state index in [-0.39, 0.29) is 34.7 Å². The summed E-state index contributed by atoms with van der Waals surface area (Å²) >= 11 is 0. The van der Waals surface area contributed by atoms with Crippen molar-refractivity contribution in [3.63, 3.8) is 0 Å². The molecule has 0 bridgehead atoms. The molecular weight excluding hydrogens is 413 g/mol. The van der Waals surface area contributed by atoms with Crippen LogP contribution in [0.15, 0.2) is 66.7 Å². The molecule has 3 aromatic carbocycles. The van der Waals surface area contributed by atoms with E-state index in [2.05, 4.69) is 5.32 Å². The van der Waals surface area contributed by atoms with Crippen LogP contribution in [-0.2, 0) is 6.42 Å². The van der Waals surface area contributed by atoms with Crippen LogP contribution in [0.3, 0.4) is 0 Å². The number of hydrogen-bond donors (Lipinski definition) is 1. The Labute approximate surface area is 184 Å². The molecule has 8 heteroatoms. The molecule has 0 saturated carbocycles. The van der Waals surface area contributed by atoms with Crippen molar-refractivity contribution < 1.29 is 18.9 Å². The average molecular weight is 435 g/mol. The van der Waals surface area contributed by atoms with Crippen molar-refractivity contribution in [2.24, 2.45) is 0 Å². The molecule has 7 nitrogen and oxygen atoms in total. The van der Waals surface area contributed by atoms with Crippen LogP contribution in [0.1, 0.15) is 31.8 Å². The highest BCUT2D eigenvalue weighted by Gasteiger charge is 2.22. The Kier molecular flexibility index (Phi) is 6.94. The molecule has 0 spiro atoms. The Morgan fingerprint density at radius 3 is 2.38 bits per heavy atom. The Morgan fingerprint density at radius 2 is 1.72 bits per heavy atom. The quantitative estimate of drug-likeness (QED) is 0.328.